The predicted octanol–water partition coefficient (Wildman–Crippen LogP) is 2.06. The molecule has 1 fully saturated rings. The lowest BCUT2D eigenvalue weighted by Gasteiger charge is -2.30. The highest BCUT2D eigenvalue weighted by atomic mass is 35.5. The maximum atomic E-state index is 12.0. The van der Waals surface area contributed by atoms with Crippen LogP contribution in [0.4, 0.5) is 5.69 Å². The third-order valence-electron chi connectivity index (χ3n) is 3.59. The molecule has 1 aliphatic rings. The Morgan fingerprint density at radius 2 is 2.53 bits per heavy atom. The molecule has 0 bridgehead atoms. The second-order valence-electron chi connectivity index (χ2n) is 4.95. The van der Waals surface area contributed by atoms with Gasteiger partial charge in [0.2, 0.25) is 0 Å². The Balaban J connectivity index is 2.29. The van der Waals surface area contributed by atoms with Crippen LogP contribution in [-0.4, -0.2) is 28.0 Å². The first kappa shape index (κ1) is 14.1. The first-order valence-corrected chi connectivity index (χ1v) is 6.62. The maximum Gasteiger partial charge on any atom is 0.287 e. The summed E-state index contributed by atoms with van der Waals surface area (Å²) in [6.45, 7) is 8.67. The average Bonchev–Trinajstić information content (AvgIpc) is 2.70. The average molecular weight is 284 g/mol. The minimum Gasteiger partial charge on any atom is -0.376 e. The summed E-state index contributed by atoms with van der Waals surface area (Å²) in [6.07, 6.45) is 4.09. The minimum atomic E-state index is -0.318. The van der Waals surface area contributed by atoms with Crippen LogP contribution in [0.1, 0.15) is 20.3 Å². The second kappa shape index (κ2) is 5.35. The van der Waals surface area contributed by atoms with E-state index in [-0.39, 0.29) is 22.2 Å². The van der Waals surface area contributed by atoms with E-state index in [4.69, 9.17) is 16.3 Å². The molecule has 1 saturated heterocycles. The van der Waals surface area contributed by atoms with Crippen LogP contribution in [0, 0.1) is 0 Å². The third kappa shape index (κ3) is 2.67. The summed E-state index contributed by atoms with van der Waals surface area (Å²) >= 11 is 6.11. The summed E-state index contributed by atoms with van der Waals surface area (Å²) in [5.74, 6) is 0. The first-order valence-electron chi connectivity index (χ1n) is 6.24. The van der Waals surface area contributed by atoms with E-state index in [0.29, 0.717) is 18.8 Å². The van der Waals surface area contributed by atoms with E-state index in [1.807, 2.05) is 6.92 Å². The van der Waals surface area contributed by atoms with Gasteiger partial charge in [0.05, 0.1) is 30.1 Å². The van der Waals surface area contributed by atoms with Crippen molar-refractivity contribution in [2.45, 2.75) is 38.5 Å². The highest BCUT2D eigenvalue weighted by molar-refractivity contribution is 6.32. The van der Waals surface area contributed by atoms with Crippen molar-refractivity contribution in [2.24, 2.45) is 0 Å². The van der Waals surface area contributed by atoms with Gasteiger partial charge in [-0.25, -0.2) is 4.68 Å². The van der Waals surface area contributed by atoms with Gasteiger partial charge in [-0.1, -0.05) is 17.7 Å². The molecule has 1 aromatic rings. The van der Waals surface area contributed by atoms with Crippen LogP contribution in [0.3, 0.4) is 0 Å². The zero-order chi connectivity index (χ0) is 14.0. The van der Waals surface area contributed by atoms with Crippen LogP contribution in [0.5, 0.6) is 0 Å². The van der Waals surface area contributed by atoms with Crippen molar-refractivity contribution in [3.8, 4) is 0 Å². The highest BCUT2D eigenvalue weighted by Gasteiger charge is 2.37. The van der Waals surface area contributed by atoms with Gasteiger partial charge < -0.3 is 10.1 Å². The van der Waals surface area contributed by atoms with E-state index in [2.05, 4.69) is 23.9 Å². The normalized spacial score (nSPS) is 26.4. The summed E-state index contributed by atoms with van der Waals surface area (Å²) < 4.78 is 6.83. The molecule has 5 nitrogen and oxygen atoms in total. The number of allylic oxidation sites excluding steroid dienone is 1. The fourth-order valence-corrected chi connectivity index (χ4v) is 2.30. The summed E-state index contributed by atoms with van der Waals surface area (Å²) in [4.78, 5) is 12.0. The fourth-order valence-electron chi connectivity index (χ4n) is 2.11. The van der Waals surface area contributed by atoms with Crippen LogP contribution in [0.25, 0.3) is 0 Å². The van der Waals surface area contributed by atoms with Crippen LogP contribution >= 0.6 is 11.6 Å². The zero-order valence-corrected chi connectivity index (χ0v) is 11.9. The largest absolute Gasteiger partial charge is 0.376 e. The Labute approximate surface area is 117 Å². The lowest BCUT2D eigenvalue weighted by Crippen LogP contribution is -2.42. The summed E-state index contributed by atoms with van der Waals surface area (Å²) in [5, 5.41) is 7.51. The molecule has 104 valence electrons. The number of aromatic nitrogens is 2. The van der Waals surface area contributed by atoms with E-state index >= 15 is 0 Å². The minimum absolute atomic E-state index is 0.0548. The van der Waals surface area contributed by atoms with E-state index < -0.39 is 0 Å². The molecule has 0 amide bonds. The fraction of sp³-hybridized carbons (Fsp3) is 0.538. The molecule has 0 aliphatic carbocycles. The Morgan fingerprint density at radius 1 is 1.79 bits per heavy atom. The predicted molar refractivity (Wildman–Crippen MR) is 75.8 cm³/mol. The summed E-state index contributed by atoms with van der Waals surface area (Å²) in [6, 6.07) is 0. The topological polar surface area (TPSA) is 56.1 Å². The van der Waals surface area contributed by atoms with Crippen molar-refractivity contribution in [3.05, 3.63) is 34.2 Å². The van der Waals surface area contributed by atoms with Crippen LogP contribution in [0.15, 0.2) is 23.6 Å². The van der Waals surface area contributed by atoms with Gasteiger partial charge in [0.25, 0.3) is 5.56 Å². The molecule has 0 aromatic carbocycles. The Bertz CT molecular complexity index is 543. The van der Waals surface area contributed by atoms with E-state index in [0.717, 1.165) is 6.42 Å². The third-order valence-corrected chi connectivity index (χ3v) is 3.96. The molecule has 2 atom stereocenters. The number of nitrogens with one attached hydrogen (secondary N) is 1. The van der Waals surface area contributed by atoms with Crippen molar-refractivity contribution >= 4 is 17.3 Å². The zero-order valence-electron chi connectivity index (χ0n) is 11.1. The molecular formula is C13H18ClN3O2. The maximum absolute atomic E-state index is 12.0. The van der Waals surface area contributed by atoms with Crippen molar-refractivity contribution < 1.29 is 4.74 Å². The quantitative estimate of drug-likeness (QED) is 0.860. The lowest BCUT2D eigenvalue weighted by molar-refractivity contribution is 0.105. The molecule has 2 heterocycles. The van der Waals surface area contributed by atoms with Crippen molar-refractivity contribution in [1.29, 1.82) is 0 Å². The Hall–Kier alpha value is -1.33. The molecule has 0 saturated carbocycles. The molecule has 2 rings (SSSR count). The monoisotopic (exact) mass is 283 g/mol. The van der Waals surface area contributed by atoms with E-state index in [1.54, 1.807) is 12.3 Å². The first-order chi connectivity index (χ1) is 8.98. The van der Waals surface area contributed by atoms with Crippen molar-refractivity contribution in [1.82, 2.24) is 9.78 Å². The molecule has 2 unspecified atom stereocenters. The second-order valence-corrected chi connectivity index (χ2v) is 5.33. The van der Waals surface area contributed by atoms with Gasteiger partial charge in [-0.05, 0) is 20.3 Å². The van der Waals surface area contributed by atoms with Gasteiger partial charge in [0.1, 0.15) is 5.02 Å². The number of rotatable bonds is 4. The van der Waals surface area contributed by atoms with Crippen LogP contribution < -0.4 is 10.9 Å². The molecular weight excluding hydrogens is 266 g/mol. The molecule has 1 aromatic heterocycles. The van der Waals surface area contributed by atoms with Gasteiger partial charge in [-0.15, -0.1) is 6.58 Å². The van der Waals surface area contributed by atoms with E-state index in [1.165, 1.54) is 4.68 Å². The van der Waals surface area contributed by atoms with Crippen LogP contribution in [-0.2, 0) is 11.3 Å². The Kier molecular flexibility index (Phi) is 3.96. The Morgan fingerprint density at radius 3 is 3.11 bits per heavy atom. The molecule has 0 spiro atoms. The number of hydrogen-bond acceptors (Lipinski definition) is 4. The summed E-state index contributed by atoms with van der Waals surface area (Å²) in [7, 11) is 0. The smallest absolute Gasteiger partial charge is 0.287 e. The van der Waals surface area contributed by atoms with Gasteiger partial charge in [-0.2, -0.15) is 5.10 Å². The molecule has 1 N–H and O–H groups in total. The number of anilines is 1. The molecule has 6 heteroatoms. The van der Waals surface area contributed by atoms with Crippen molar-refractivity contribution in [2.75, 3.05) is 11.9 Å². The van der Waals surface area contributed by atoms with Gasteiger partial charge in [0, 0.05) is 6.61 Å². The van der Waals surface area contributed by atoms with E-state index in [9.17, 15) is 4.79 Å². The standard InChI is InChI=1S/C13H18ClN3O2/c1-4-6-17-12(18)11(14)10(8-15-17)16-13(3)5-7-19-9(13)2/h4,8-9,16H,1,5-7H2,2-3H3. The van der Waals surface area contributed by atoms with Crippen molar-refractivity contribution in [3.63, 3.8) is 0 Å². The van der Waals surface area contributed by atoms with Gasteiger partial charge in [0.15, 0.2) is 0 Å². The molecule has 1 aliphatic heterocycles. The summed E-state index contributed by atoms with van der Waals surface area (Å²) in [5.41, 5.74) is -0.00360. The van der Waals surface area contributed by atoms with Gasteiger partial charge >= 0.3 is 0 Å². The lowest BCUT2D eigenvalue weighted by atomic mass is 9.94. The van der Waals surface area contributed by atoms with Crippen LogP contribution in [0.2, 0.25) is 5.02 Å². The number of ether oxygens (including phenoxy) is 1. The molecule has 0 radical (unpaired) electrons. The molecule has 19 heavy (non-hydrogen) atoms. The van der Waals surface area contributed by atoms with Gasteiger partial charge in [-0.3, -0.25) is 4.79 Å². The SMILES string of the molecule is C=CCn1ncc(NC2(C)CCOC2C)c(Cl)c1=O. The number of hydrogen-bond donors (Lipinski definition) is 1. The number of nitrogens with zero attached hydrogens (tertiary/aromatic N) is 2. The highest BCUT2D eigenvalue weighted by Crippen LogP contribution is 2.30. The number of halogens is 1.